The molecule has 3 atom stereocenters. The van der Waals surface area contributed by atoms with E-state index >= 15 is 0 Å². The molecule has 0 rings (SSSR count). The van der Waals surface area contributed by atoms with Crippen LogP contribution in [0, 0.1) is 18.3 Å². The second-order valence-corrected chi connectivity index (χ2v) is 4.05. The molecule has 0 spiro atoms. The van der Waals surface area contributed by atoms with Crippen molar-refractivity contribution < 1.29 is 9.47 Å². The summed E-state index contributed by atoms with van der Waals surface area (Å²) >= 11 is 0. The predicted molar refractivity (Wildman–Crippen MR) is 68.1 cm³/mol. The van der Waals surface area contributed by atoms with E-state index in [1.54, 1.807) is 0 Å². The van der Waals surface area contributed by atoms with Gasteiger partial charge >= 0.3 is 0 Å². The zero-order valence-electron chi connectivity index (χ0n) is 11.2. The fourth-order valence-electron chi connectivity index (χ4n) is 1.86. The first-order chi connectivity index (χ1) is 7.69. The molecule has 0 heterocycles. The predicted octanol–water partition coefficient (Wildman–Crippen LogP) is 3.60. The van der Waals surface area contributed by atoms with Crippen molar-refractivity contribution in [2.45, 2.75) is 65.8 Å². The molecule has 0 aromatic carbocycles. The summed E-state index contributed by atoms with van der Waals surface area (Å²) in [4.78, 5) is 0. The fraction of sp³-hybridized carbons (Fsp3) is 0.857. The molecule has 2 heteroatoms. The summed E-state index contributed by atoms with van der Waals surface area (Å²) in [5.74, 6) is 3.07. The van der Waals surface area contributed by atoms with Crippen molar-refractivity contribution in [2.24, 2.45) is 5.92 Å². The second-order valence-electron chi connectivity index (χ2n) is 4.05. The quantitative estimate of drug-likeness (QED) is 0.442. The second kappa shape index (κ2) is 9.69. The number of ether oxygens (including phenoxy) is 2. The van der Waals surface area contributed by atoms with Gasteiger partial charge in [0.1, 0.15) is 0 Å². The van der Waals surface area contributed by atoms with Gasteiger partial charge in [0.05, 0.1) is 6.10 Å². The van der Waals surface area contributed by atoms with E-state index in [1.165, 1.54) is 0 Å². The van der Waals surface area contributed by atoms with Gasteiger partial charge in [0.15, 0.2) is 6.29 Å². The Bertz CT molecular complexity index is 195. The minimum absolute atomic E-state index is 0.136. The first-order valence-corrected chi connectivity index (χ1v) is 6.42. The minimum Gasteiger partial charge on any atom is -0.353 e. The van der Waals surface area contributed by atoms with E-state index in [2.05, 4.69) is 19.8 Å². The van der Waals surface area contributed by atoms with Crippen molar-refractivity contribution >= 4 is 0 Å². The number of terminal acetylenes is 1. The molecule has 94 valence electrons. The topological polar surface area (TPSA) is 18.5 Å². The van der Waals surface area contributed by atoms with Crippen LogP contribution >= 0.6 is 0 Å². The first kappa shape index (κ1) is 15.5. The molecule has 0 N–H and O–H groups in total. The van der Waals surface area contributed by atoms with Crippen LogP contribution in [-0.2, 0) is 9.47 Å². The number of rotatable bonds is 9. The summed E-state index contributed by atoms with van der Waals surface area (Å²) < 4.78 is 11.3. The Morgan fingerprint density at radius 3 is 2.19 bits per heavy atom. The molecule has 2 nitrogen and oxygen atoms in total. The van der Waals surface area contributed by atoms with Gasteiger partial charge in [-0.25, -0.2) is 0 Å². The van der Waals surface area contributed by atoms with Crippen LogP contribution in [-0.4, -0.2) is 19.0 Å². The highest BCUT2D eigenvalue weighted by atomic mass is 16.7. The monoisotopic (exact) mass is 226 g/mol. The maximum Gasteiger partial charge on any atom is 0.155 e. The van der Waals surface area contributed by atoms with Gasteiger partial charge < -0.3 is 9.47 Å². The molecule has 0 bridgehead atoms. The summed E-state index contributed by atoms with van der Waals surface area (Å²) in [5.41, 5.74) is 0. The van der Waals surface area contributed by atoms with Gasteiger partial charge in [0.25, 0.3) is 0 Å². The van der Waals surface area contributed by atoms with Crippen molar-refractivity contribution in [3.05, 3.63) is 0 Å². The van der Waals surface area contributed by atoms with E-state index in [9.17, 15) is 0 Å². The molecule has 0 amide bonds. The highest BCUT2D eigenvalue weighted by molar-refractivity contribution is 4.97. The smallest absolute Gasteiger partial charge is 0.155 e. The maximum absolute atomic E-state index is 5.87. The van der Waals surface area contributed by atoms with Crippen molar-refractivity contribution in [3.63, 3.8) is 0 Å². The van der Waals surface area contributed by atoms with E-state index in [-0.39, 0.29) is 18.3 Å². The maximum atomic E-state index is 5.87. The van der Waals surface area contributed by atoms with Crippen LogP contribution in [0.2, 0.25) is 0 Å². The summed E-state index contributed by atoms with van der Waals surface area (Å²) in [7, 11) is 0. The zero-order valence-corrected chi connectivity index (χ0v) is 11.2. The lowest BCUT2D eigenvalue weighted by atomic mass is 9.95. The van der Waals surface area contributed by atoms with Crippen LogP contribution in [0.5, 0.6) is 0 Å². The zero-order chi connectivity index (χ0) is 12.4. The van der Waals surface area contributed by atoms with Gasteiger partial charge in [-0.1, -0.05) is 26.7 Å². The molecule has 0 aromatic heterocycles. The average Bonchev–Trinajstić information content (AvgIpc) is 2.25. The molecule has 0 aromatic rings. The molecular weight excluding hydrogens is 200 g/mol. The molecule has 0 radical (unpaired) electrons. The van der Waals surface area contributed by atoms with Gasteiger partial charge in [0, 0.05) is 12.5 Å². The lowest BCUT2D eigenvalue weighted by Crippen LogP contribution is -2.28. The summed E-state index contributed by atoms with van der Waals surface area (Å²) in [6, 6.07) is 0. The van der Waals surface area contributed by atoms with Gasteiger partial charge in [0.2, 0.25) is 0 Å². The molecule has 1 unspecified atom stereocenters. The van der Waals surface area contributed by atoms with E-state index in [0.29, 0.717) is 6.61 Å². The van der Waals surface area contributed by atoms with Gasteiger partial charge in [-0.3, -0.25) is 0 Å². The highest BCUT2D eigenvalue weighted by Gasteiger charge is 2.21. The first-order valence-electron chi connectivity index (χ1n) is 6.42. The largest absolute Gasteiger partial charge is 0.353 e. The molecule has 0 saturated heterocycles. The Hall–Kier alpha value is -0.520. The normalized spacial score (nSPS) is 16.4. The van der Waals surface area contributed by atoms with Crippen molar-refractivity contribution in [2.75, 3.05) is 6.61 Å². The molecule has 0 saturated carbocycles. The fourth-order valence-corrected chi connectivity index (χ4v) is 1.86. The Balaban J connectivity index is 4.28. The average molecular weight is 226 g/mol. The van der Waals surface area contributed by atoms with Crippen LogP contribution in [0.25, 0.3) is 0 Å². The molecule has 0 fully saturated rings. The third-order valence-corrected chi connectivity index (χ3v) is 2.60. The van der Waals surface area contributed by atoms with E-state index in [4.69, 9.17) is 15.9 Å². The van der Waals surface area contributed by atoms with Gasteiger partial charge in [-0.2, -0.15) is 0 Å². The van der Waals surface area contributed by atoms with Crippen LogP contribution in [0.4, 0.5) is 0 Å². The van der Waals surface area contributed by atoms with Gasteiger partial charge in [-0.15, -0.1) is 12.3 Å². The lowest BCUT2D eigenvalue weighted by molar-refractivity contribution is -0.167. The van der Waals surface area contributed by atoms with Crippen molar-refractivity contribution in [3.8, 4) is 12.3 Å². The minimum atomic E-state index is -0.158. The summed E-state index contributed by atoms with van der Waals surface area (Å²) in [5, 5.41) is 0. The third-order valence-electron chi connectivity index (χ3n) is 2.60. The van der Waals surface area contributed by atoms with Crippen LogP contribution < -0.4 is 0 Å². The van der Waals surface area contributed by atoms with E-state index in [0.717, 1.165) is 25.7 Å². The molecule has 16 heavy (non-hydrogen) atoms. The number of hydrogen-bond donors (Lipinski definition) is 0. The molecular formula is C14H26O2. The molecule has 0 aliphatic rings. The Morgan fingerprint density at radius 1 is 1.12 bits per heavy atom. The van der Waals surface area contributed by atoms with Crippen molar-refractivity contribution in [1.29, 1.82) is 0 Å². The van der Waals surface area contributed by atoms with E-state index in [1.807, 2.05) is 13.8 Å². The van der Waals surface area contributed by atoms with Crippen LogP contribution in [0.3, 0.4) is 0 Å². The standard InChI is InChI=1S/C14H26O2/c1-6-10-13(8-3)14(11-7-2)16-12(5)15-9-4/h3,12-14H,6-7,9-11H2,1-2,4-5H3/t12?,13-,14-/m1/s1. The Kier molecular flexibility index (Phi) is 9.37. The highest BCUT2D eigenvalue weighted by Crippen LogP contribution is 2.20. The lowest BCUT2D eigenvalue weighted by Gasteiger charge is -2.26. The number of hydrogen-bond acceptors (Lipinski definition) is 2. The Morgan fingerprint density at radius 2 is 1.75 bits per heavy atom. The van der Waals surface area contributed by atoms with E-state index < -0.39 is 0 Å². The van der Waals surface area contributed by atoms with Crippen LogP contribution in [0.15, 0.2) is 0 Å². The third kappa shape index (κ3) is 6.15. The van der Waals surface area contributed by atoms with Crippen molar-refractivity contribution in [1.82, 2.24) is 0 Å². The summed E-state index contributed by atoms with van der Waals surface area (Å²) in [6.45, 7) is 8.89. The molecule has 0 aliphatic carbocycles. The molecule has 0 aliphatic heterocycles. The Labute approximate surface area is 101 Å². The SMILES string of the molecule is C#C[C@H](CCC)[C@@H](CCC)OC(C)OCC. The van der Waals surface area contributed by atoms with Crippen LogP contribution in [0.1, 0.15) is 53.4 Å². The van der Waals surface area contributed by atoms with Gasteiger partial charge in [-0.05, 0) is 26.7 Å². The summed E-state index contributed by atoms with van der Waals surface area (Å²) in [6.07, 6.45) is 9.77.